The quantitative estimate of drug-likeness (QED) is 0.689. The molecule has 0 aromatic heterocycles. The summed E-state index contributed by atoms with van der Waals surface area (Å²) in [7, 11) is 0. The third kappa shape index (κ3) is 2.78. The van der Waals surface area contributed by atoms with Gasteiger partial charge in [-0.05, 0) is 25.3 Å². The minimum absolute atomic E-state index is 0.0247. The Morgan fingerprint density at radius 2 is 2.00 bits per heavy atom. The molecule has 2 aliphatic heterocycles. The zero-order valence-corrected chi connectivity index (χ0v) is 10.7. The third-order valence-electron chi connectivity index (χ3n) is 4.30. The number of amides is 1. The highest BCUT2D eigenvalue weighted by Crippen LogP contribution is 2.50. The number of piperidine rings is 1. The zero-order chi connectivity index (χ0) is 14.1. The van der Waals surface area contributed by atoms with Crippen LogP contribution < -0.4 is 0 Å². The van der Waals surface area contributed by atoms with Gasteiger partial charge in [-0.1, -0.05) is 6.58 Å². The summed E-state index contributed by atoms with van der Waals surface area (Å²) in [6, 6.07) is 0. The van der Waals surface area contributed by atoms with Gasteiger partial charge in [-0.2, -0.15) is 13.2 Å². The number of rotatable bonds is 1. The van der Waals surface area contributed by atoms with Crippen LogP contribution in [0.25, 0.3) is 0 Å². The van der Waals surface area contributed by atoms with Crippen molar-refractivity contribution in [2.75, 3.05) is 26.3 Å². The minimum Gasteiger partial charge on any atom is -0.381 e. The molecule has 0 saturated carbocycles. The molecule has 0 N–H and O–H groups in total. The molecular formula is C13H18F3NO2. The monoisotopic (exact) mass is 277 g/mol. The van der Waals surface area contributed by atoms with E-state index in [4.69, 9.17) is 4.74 Å². The topological polar surface area (TPSA) is 29.5 Å². The Morgan fingerprint density at radius 1 is 1.37 bits per heavy atom. The van der Waals surface area contributed by atoms with Crippen molar-refractivity contribution in [3.05, 3.63) is 12.7 Å². The van der Waals surface area contributed by atoms with Crippen molar-refractivity contribution >= 4 is 5.91 Å². The zero-order valence-electron chi connectivity index (χ0n) is 10.7. The lowest BCUT2D eigenvalue weighted by Gasteiger charge is -2.50. The summed E-state index contributed by atoms with van der Waals surface area (Å²) in [5.74, 6) is -1.62. The van der Waals surface area contributed by atoms with Gasteiger partial charge >= 0.3 is 6.18 Å². The molecule has 0 aromatic carbocycles. The first-order chi connectivity index (χ1) is 8.89. The van der Waals surface area contributed by atoms with Crippen LogP contribution in [0.15, 0.2) is 12.7 Å². The minimum atomic E-state index is -4.21. The number of hydrogen-bond acceptors (Lipinski definition) is 2. The molecule has 1 atom stereocenters. The van der Waals surface area contributed by atoms with Gasteiger partial charge in [0.05, 0.1) is 5.92 Å². The van der Waals surface area contributed by atoms with Crippen LogP contribution in [-0.2, 0) is 9.53 Å². The molecule has 1 amide bonds. The maximum absolute atomic E-state index is 13.2. The smallest absolute Gasteiger partial charge is 0.381 e. The van der Waals surface area contributed by atoms with Crippen LogP contribution in [0.4, 0.5) is 13.2 Å². The van der Waals surface area contributed by atoms with Crippen molar-refractivity contribution in [3.63, 3.8) is 0 Å². The Kier molecular flexibility index (Phi) is 3.90. The van der Waals surface area contributed by atoms with Crippen molar-refractivity contribution < 1.29 is 22.7 Å². The lowest BCUT2D eigenvalue weighted by molar-refractivity contribution is -0.234. The highest BCUT2D eigenvalue weighted by Gasteiger charge is 2.56. The Bertz CT molecular complexity index is 361. The molecule has 2 saturated heterocycles. The fraction of sp³-hybridized carbons (Fsp3) is 0.769. The molecule has 6 heteroatoms. The van der Waals surface area contributed by atoms with Gasteiger partial charge in [0.1, 0.15) is 0 Å². The van der Waals surface area contributed by atoms with Gasteiger partial charge in [0, 0.05) is 31.7 Å². The van der Waals surface area contributed by atoms with E-state index in [2.05, 4.69) is 6.58 Å². The largest absolute Gasteiger partial charge is 0.392 e. The molecule has 1 spiro atoms. The number of alkyl halides is 3. The number of carbonyl (C=O) groups excluding carboxylic acids is 1. The number of likely N-dealkylation sites (tertiary alicyclic amines) is 1. The summed E-state index contributed by atoms with van der Waals surface area (Å²) >= 11 is 0. The normalized spacial score (nSPS) is 27.3. The molecule has 108 valence electrons. The summed E-state index contributed by atoms with van der Waals surface area (Å²) in [5.41, 5.74) is -0.882. The second-order valence-electron chi connectivity index (χ2n) is 5.32. The van der Waals surface area contributed by atoms with E-state index >= 15 is 0 Å². The maximum atomic E-state index is 13.2. The second-order valence-corrected chi connectivity index (χ2v) is 5.32. The van der Waals surface area contributed by atoms with Crippen LogP contribution in [0.1, 0.15) is 19.3 Å². The summed E-state index contributed by atoms with van der Waals surface area (Å²) in [5, 5.41) is 0. The Balaban J connectivity index is 2.23. The summed E-state index contributed by atoms with van der Waals surface area (Å²) < 4.78 is 44.8. The van der Waals surface area contributed by atoms with Crippen molar-refractivity contribution in [1.82, 2.24) is 4.90 Å². The lowest BCUT2D eigenvalue weighted by Crippen LogP contribution is -2.56. The van der Waals surface area contributed by atoms with Crippen LogP contribution in [0.3, 0.4) is 0 Å². The van der Waals surface area contributed by atoms with Gasteiger partial charge in [0.2, 0.25) is 5.91 Å². The molecule has 3 nitrogen and oxygen atoms in total. The van der Waals surface area contributed by atoms with E-state index in [1.54, 1.807) is 0 Å². The molecule has 0 aliphatic carbocycles. The molecule has 0 bridgehead atoms. The number of carbonyl (C=O) groups is 1. The first-order valence-electron chi connectivity index (χ1n) is 6.45. The molecule has 2 heterocycles. The number of halogens is 3. The molecule has 0 aromatic rings. The molecule has 2 fully saturated rings. The molecular weight excluding hydrogens is 259 g/mol. The van der Waals surface area contributed by atoms with E-state index < -0.39 is 17.5 Å². The van der Waals surface area contributed by atoms with E-state index in [0.717, 1.165) is 0 Å². The van der Waals surface area contributed by atoms with E-state index in [0.29, 0.717) is 26.1 Å². The van der Waals surface area contributed by atoms with Gasteiger partial charge in [0.25, 0.3) is 0 Å². The second kappa shape index (κ2) is 5.15. The van der Waals surface area contributed by atoms with E-state index in [1.807, 2.05) is 0 Å². The summed E-state index contributed by atoms with van der Waals surface area (Å²) in [6.45, 7) is 4.38. The summed E-state index contributed by atoms with van der Waals surface area (Å²) in [4.78, 5) is 13.1. The van der Waals surface area contributed by atoms with E-state index in [9.17, 15) is 18.0 Å². The van der Waals surface area contributed by atoms with E-state index in [-0.39, 0.29) is 25.4 Å². The molecule has 0 radical (unpaired) electrons. The predicted molar refractivity (Wildman–Crippen MR) is 63.4 cm³/mol. The van der Waals surface area contributed by atoms with Crippen LogP contribution in [0.2, 0.25) is 0 Å². The number of hydrogen-bond donors (Lipinski definition) is 0. The first kappa shape index (κ1) is 14.4. The average molecular weight is 277 g/mol. The highest BCUT2D eigenvalue weighted by atomic mass is 19.4. The third-order valence-corrected chi connectivity index (χ3v) is 4.30. The van der Waals surface area contributed by atoms with Gasteiger partial charge in [-0.3, -0.25) is 4.79 Å². The summed E-state index contributed by atoms with van der Waals surface area (Å²) in [6.07, 6.45) is -2.35. The Morgan fingerprint density at radius 3 is 2.53 bits per heavy atom. The van der Waals surface area contributed by atoms with Crippen LogP contribution in [0, 0.1) is 11.3 Å². The maximum Gasteiger partial charge on any atom is 0.392 e. The Labute approximate surface area is 110 Å². The van der Waals surface area contributed by atoms with Gasteiger partial charge < -0.3 is 9.64 Å². The Hall–Kier alpha value is -1.04. The van der Waals surface area contributed by atoms with Crippen molar-refractivity contribution in [1.29, 1.82) is 0 Å². The van der Waals surface area contributed by atoms with Crippen LogP contribution in [0.5, 0.6) is 0 Å². The van der Waals surface area contributed by atoms with Gasteiger partial charge in [-0.15, -0.1) is 0 Å². The van der Waals surface area contributed by atoms with Crippen molar-refractivity contribution in [2.45, 2.75) is 25.4 Å². The highest BCUT2D eigenvalue weighted by molar-refractivity contribution is 5.87. The van der Waals surface area contributed by atoms with Gasteiger partial charge in [-0.25, -0.2) is 0 Å². The predicted octanol–water partition coefficient (Wildman–Crippen LogP) is 2.38. The fourth-order valence-electron chi connectivity index (χ4n) is 3.27. The number of nitrogens with zero attached hydrogens (tertiary/aromatic N) is 1. The average Bonchev–Trinajstić information content (AvgIpc) is 2.37. The first-order valence-corrected chi connectivity index (χ1v) is 6.45. The van der Waals surface area contributed by atoms with Crippen LogP contribution in [-0.4, -0.2) is 43.3 Å². The molecule has 2 rings (SSSR count). The fourth-order valence-corrected chi connectivity index (χ4v) is 3.27. The van der Waals surface area contributed by atoms with Gasteiger partial charge in [0.15, 0.2) is 0 Å². The van der Waals surface area contributed by atoms with Crippen molar-refractivity contribution in [2.24, 2.45) is 11.3 Å². The van der Waals surface area contributed by atoms with E-state index in [1.165, 1.54) is 11.0 Å². The van der Waals surface area contributed by atoms with Crippen LogP contribution >= 0.6 is 0 Å². The molecule has 2 aliphatic rings. The standard InChI is InChI=1S/C13H18F3NO2/c1-2-11(18)17-6-3-10(13(14,15)16)12(9-17)4-7-19-8-5-12/h2,10H,1,3-9H2. The SMILES string of the molecule is C=CC(=O)N1CCC(C(F)(F)F)C2(CCOCC2)C1. The van der Waals surface area contributed by atoms with Crippen molar-refractivity contribution in [3.8, 4) is 0 Å². The molecule has 19 heavy (non-hydrogen) atoms. The number of ether oxygens (including phenoxy) is 1. The molecule has 1 unspecified atom stereocenters. The lowest BCUT2D eigenvalue weighted by atomic mass is 9.65.